The summed E-state index contributed by atoms with van der Waals surface area (Å²) in [5, 5.41) is 2.54. The summed E-state index contributed by atoms with van der Waals surface area (Å²) in [7, 11) is -1.75. The summed E-state index contributed by atoms with van der Waals surface area (Å²) in [6, 6.07) is 17.0. The van der Waals surface area contributed by atoms with Crippen molar-refractivity contribution in [2.45, 2.75) is 18.7 Å². The Labute approximate surface area is 209 Å². The molecule has 3 aromatic rings. The number of amides is 1. The molecule has 0 aliphatic carbocycles. The van der Waals surface area contributed by atoms with Crippen LogP contribution in [0.1, 0.15) is 31.8 Å². The van der Waals surface area contributed by atoms with E-state index >= 15 is 0 Å². The van der Waals surface area contributed by atoms with Gasteiger partial charge in [0.1, 0.15) is 6.54 Å². The van der Waals surface area contributed by atoms with Gasteiger partial charge >= 0.3 is 11.9 Å². The fourth-order valence-electron chi connectivity index (χ4n) is 3.48. The van der Waals surface area contributed by atoms with Crippen LogP contribution < -0.4 is 9.62 Å². The number of esters is 2. The van der Waals surface area contributed by atoms with Gasteiger partial charge in [-0.2, -0.15) is 0 Å². The number of hydrogen-bond acceptors (Lipinski definition) is 7. The Balaban J connectivity index is 2.02. The molecule has 3 rings (SSSR count). The molecular weight excluding hydrogens is 484 g/mol. The number of nitrogens with one attached hydrogen (secondary N) is 1. The second-order valence-electron chi connectivity index (χ2n) is 7.90. The zero-order valence-corrected chi connectivity index (χ0v) is 21.1. The van der Waals surface area contributed by atoms with Crippen molar-refractivity contribution >= 4 is 39.2 Å². The van der Waals surface area contributed by atoms with Gasteiger partial charge in [0.2, 0.25) is 5.91 Å². The van der Waals surface area contributed by atoms with Crippen LogP contribution in [-0.2, 0) is 24.3 Å². The Morgan fingerprint density at radius 1 is 0.861 bits per heavy atom. The molecule has 0 atom stereocenters. The highest BCUT2D eigenvalue weighted by molar-refractivity contribution is 7.92. The third-order valence-corrected chi connectivity index (χ3v) is 7.17. The molecule has 188 valence electrons. The molecule has 0 radical (unpaired) electrons. The number of carbonyl (C=O) groups is 3. The molecule has 0 heterocycles. The Morgan fingerprint density at radius 3 is 2.11 bits per heavy atom. The Kier molecular flexibility index (Phi) is 8.11. The van der Waals surface area contributed by atoms with Gasteiger partial charge in [-0.15, -0.1) is 0 Å². The largest absolute Gasteiger partial charge is 0.465 e. The van der Waals surface area contributed by atoms with Crippen molar-refractivity contribution < 1.29 is 32.3 Å². The van der Waals surface area contributed by atoms with Crippen LogP contribution in [0.25, 0.3) is 0 Å². The highest BCUT2D eigenvalue weighted by Gasteiger charge is 2.29. The van der Waals surface area contributed by atoms with E-state index in [1.807, 2.05) is 6.92 Å². The SMILES string of the molecule is COC(=O)c1ccc(C(=O)OC)c(NC(=O)CN(c2ccccc2C)S(=O)(=O)c2ccc(C)cc2)c1. The maximum Gasteiger partial charge on any atom is 0.339 e. The van der Waals surface area contributed by atoms with Gasteiger partial charge in [0.15, 0.2) is 0 Å². The third kappa shape index (κ3) is 5.72. The zero-order valence-electron chi connectivity index (χ0n) is 20.3. The first-order chi connectivity index (χ1) is 17.1. The lowest BCUT2D eigenvalue weighted by Crippen LogP contribution is -2.38. The van der Waals surface area contributed by atoms with Gasteiger partial charge in [0.25, 0.3) is 10.0 Å². The minimum absolute atomic E-state index is 0.0117. The summed E-state index contributed by atoms with van der Waals surface area (Å²) in [6.07, 6.45) is 0. The van der Waals surface area contributed by atoms with Gasteiger partial charge in [-0.3, -0.25) is 9.10 Å². The maximum absolute atomic E-state index is 13.6. The quantitative estimate of drug-likeness (QED) is 0.459. The van der Waals surface area contributed by atoms with Crippen molar-refractivity contribution in [2.24, 2.45) is 0 Å². The van der Waals surface area contributed by atoms with Crippen LogP contribution in [0.4, 0.5) is 11.4 Å². The molecule has 0 saturated heterocycles. The highest BCUT2D eigenvalue weighted by atomic mass is 32.2. The number of methoxy groups -OCH3 is 2. The lowest BCUT2D eigenvalue weighted by molar-refractivity contribution is -0.114. The number of para-hydroxylation sites is 1. The van der Waals surface area contributed by atoms with Gasteiger partial charge in [-0.25, -0.2) is 18.0 Å². The standard InChI is InChI=1S/C26H26N2O7S/c1-17-9-12-20(13-10-17)36(32,33)28(23-8-6-5-7-18(23)2)16-24(29)27-22-15-19(25(30)34-3)11-14-21(22)26(31)35-4/h5-15H,16H2,1-4H3,(H,27,29). The molecule has 1 amide bonds. The van der Waals surface area contributed by atoms with E-state index in [1.165, 1.54) is 44.6 Å². The molecule has 10 heteroatoms. The number of ether oxygens (including phenoxy) is 2. The predicted octanol–water partition coefficient (Wildman–Crippen LogP) is 3.71. The lowest BCUT2D eigenvalue weighted by atomic mass is 10.1. The van der Waals surface area contributed by atoms with Crippen LogP contribution >= 0.6 is 0 Å². The van der Waals surface area contributed by atoms with Crippen molar-refractivity contribution in [3.63, 3.8) is 0 Å². The van der Waals surface area contributed by atoms with Crippen molar-refractivity contribution in [3.05, 3.63) is 89.0 Å². The van der Waals surface area contributed by atoms with Gasteiger partial charge in [0, 0.05) is 0 Å². The number of benzene rings is 3. The van der Waals surface area contributed by atoms with E-state index in [-0.39, 0.29) is 21.7 Å². The summed E-state index contributed by atoms with van der Waals surface area (Å²) in [5.74, 6) is -2.16. The van der Waals surface area contributed by atoms with Crippen LogP contribution in [0.15, 0.2) is 71.6 Å². The number of sulfonamides is 1. The van der Waals surface area contributed by atoms with E-state index in [1.54, 1.807) is 43.3 Å². The predicted molar refractivity (Wildman–Crippen MR) is 135 cm³/mol. The van der Waals surface area contributed by atoms with Crippen LogP contribution in [0, 0.1) is 13.8 Å². The van der Waals surface area contributed by atoms with Gasteiger partial charge in [-0.05, 0) is 55.8 Å². The molecule has 1 N–H and O–H groups in total. The lowest BCUT2D eigenvalue weighted by Gasteiger charge is -2.26. The van der Waals surface area contributed by atoms with E-state index in [2.05, 4.69) is 5.32 Å². The van der Waals surface area contributed by atoms with Crippen LogP contribution in [0.3, 0.4) is 0 Å². The molecule has 0 saturated carbocycles. The molecular formula is C26H26N2O7S. The molecule has 0 bridgehead atoms. The number of aryl methyl sites for hydroxylation is 2. The first-order valence-corrected chi connectivity index (χ1v) is 12.3. The highest BCUT2D eigenvalue weighted by Crippen LogP contribution is 2.27. The molecule has 9 nitrogen and oxygen atoms in total. The van der Waals surface area contributed by atoms with E-state index in [9.17, 15) is 22.8 Å². The van der Waals surface area contributed by atoms with Crippen LogP contribution in [0.5, 0.6) is 0 Å². The normalized spacial score (nSPS) is 10.9. The fourth-order valence-corrected chi connectivity index (χ4v) is 4.97. The molecule has 36 heavy (non-hydrogen) atoms. The maximum atomic E-state index is 13.6. The number of nitrogens with zero attached hydrogens (tertiary/aromatic N) is 1. The smallest absolute Gasteiger partial charge is 0.339 e. The van der Waals surface area contributed by atoms with Gasteiger partial charge < -0.3 is 14.8 Å². The summed E-state index contributed by atoms with van der Waals surface area (Å²) in [5.41, 5.74) is 1.90. The number of anilines is 2. The van der Waals surface area contributed by atoms with Crippen molar-refractivity contribution in [1.29, 1.82) is 0 Å². The van der Waals surface area contributed by atoms with Gasteiger partial charge in [0.05, 0.1) is 41.6 Å². The Bertz CT molecular complexity index is 1400. The molecule has 0 aliphatic heterocycles. The summed E-state index contributed by atoms with van der Waals surface area (Å²) in [4.78, 5) is 37.4. The minimum Gasteiger partial charge on any atom is -0.465 e. The summed E-state index contributed by atoms with van der Waals surface area (Å²) in [6.45, 7) is 2.98. The average molecular weight is 511 g/mol. The summed E-state index contributed by atoms with van der Waals surface area (Å²) < 4.78 is 37.7. The van der Waals surface area contributed by atoms with E-state index in [0.29, 0.717) is 11.3 Å². The van der Waals surface area contributed by atoms with Crippen molar-refractivity contribution in [3.8, 4) is 0 Å². The minimum atomic E-state index is -4.13. The second kappa shape index (κ2) is 11.0. The van der Waals surface area contributed by atoms with Crippen LogP contribution in [0.2, 0.25) is 0 Å². The molecule has 0 aromatic heterocycles. The zero-order chi connectivity index (χ0) is 26.5. The Morgan fingerprint density at radius 2 is 1.50 bits per heavy atom. The second-order valence-corrected chi connectivity index (χ2v) is 9.77. The van der Waals surface area contributed by atoms with E-state index in [0.717, 1.165) is 9.87 Å². The molecule has 0 unspecified atom stereocenters. The number of rotatable bonds is 8. The van der Waals surface area contributed by atoms with Crippen LogP contribution in [-0.4, -0.2) is 47.0 Å². The fraction of sp³-hybridized carbons (Fsp3) is 0.192. The topological polar surface area (TPSA) is 119 Å². The average Bonchev–Trinajstić information content (AvgIpc) is 2.87. The molecule has 0 fully saturated rings. The van der Waals surface area contributed by atoms with E-state index < -0.39 is 34.4 Å². The van der Waals surface area contributed by atoms with Crippen molar-refractivity contribution in [2.75, 3.05) is 30.4 Å². The third-order valence-electron chi connectivity index (χ3n) is 5.40. The molecule has 3 aromatic carbocycles. The van der Waals surface area contributed by atoms with Crippen molar-refractivity contribution in [1.82, 2.24) is 0 Å². The van der Waals surface area contributed by atoms with E-state index in [4.69, 9.17) is 9.47 Å². The first kappa shape index (κ1) is 26.4. The monoisotopic (exact) mass is 510 g/mol. The number of hydrogen-bond donors (Lipinski definition) is 1. The molecule has 0 spiro atoms. The first-order valence-electron chi connectivity index (χ1n) is 10.8. The molecule has 0 aliphatic rings. The summed E-state index contributed by atoms with van der Waals surface area (Å²) >= 11 is 0. The van der Waals surface area contributed by atoms with Gasteiger partial charge in [-0.1, -0.05) is 35.9 Å². The number of carbonyl (C=O) groups excluding carboxylic acids is 3. The Hall–Kier alpha value is -4.18.